The second-order valence-electron chi connectivity index (χ2n) is 5.22. The smallest absolute Gasteiger partial charge is 0.248 e. The van der Waals surface area contributed by atoms with Crippen LogP contribution in [0.3, 0.4) is 0 Å². The second-order valence-corrected chi connectivity index (χ2v) is 5.22. The summed E-state index contributed by atoms with van der Waals surface area (Å²) >= 11 is 0. The summed E-state index contributed by atoms with van der Waals surface area (Å²) in [6.45, 7) is 3.33. The molecule has 1 fully saturated rings. The first-order chi connectivity index (χ1) is 8.57. The van der Waals surface area contributed by atoms with Crippen LogP contribution in [0.1, 0.15) is 36.9 Å². The highest BCUT2D eigenvalue weighted by atomic mass is 19.3. The standard InChI is InChI=1S/C14H20F2N2/c1-11-4-3-7-18-13(11)10-17-9-12-5-2-6-14(15,16)8-12/h3-4,7,12,17H,2,5-6,8-10H2,1H3. The minimum atomic E-state index is -2.45. The van der Waals surface area contributed by atoms with Gasteiger partial charge < -0.3 is 5.32 Å². The Kier molecular flexibility index (Phi) is 4.27. The van der Waals surface area contributed by atoms with E-state index in [-0.39, 0.29) is 18.8 Å². The number of halogens is 2. The fourth-order valence-corrected chi connectivity index (χ4v) is 2.55. The Morgan fingerprint density at radius 1 is 1.50 bits per heavy atom. The predicted octanol–water partition coefficient (Wildman–Crippen LogP) is 3.31. The van der Waals surface area contributed by atoms with Gasteiger partial charge in [0, 0.05) is 25.6 Å². The molecule has 4 heteroatoms. The van der Waals surface area contributed by atoms with Gasteiger partial charge in [0.25, 0.3) is 0 Å². The van der Waals surface area contributed by atoms with Crippen molar-refractivity contribution in [2.75, 3.05) is 6.54 Å². The molecule has 1 N–H and O–H groups in total. The third-order valence-corrected chi connectivity index (χ3v) is 3.59. The first kappa shape index (κ1) is 13.4. The molecule has 1 aliphatic rings. The van der Waals surface area contributed by atoms with Crippen LogP contribution in [0.15, 0.2) is 18.3 Å². The number of hydrogen-bond acceptors (Lipinski definition) is 2. The minimum absolute atomic E-state index is 0.0290. The zero-order chi connectivity index (χ0) is 13.0. The van der Waals surface area contributed by atoms with Crippen molar-refractivity contribution >= 4 is 0 Å². The SMILES string of the molecule is Cc1cccnc1CNCC1CCCC(F)(F)C1. The van der Waals surface area contributed by atoms with E-state index >= 15 is 0 Å². The first-order valence-corrected chi connectivity index (χ1v) is 6.56. The molecule has 1 atom stereocenters. The minimum Gasteiger partial charge on any atom is -0.311 e. The van der Waals surface area contributed by atoms with E-state index in [9.17, 15) is 8.78 Å². The summed E-state index contributed by atoms with van der Waals surface area (Å²) in [6.07, 6.45) is 3.40. The van der Waals surface area contributed by atoms with Gasteiger partial charge in [-0.1, -0.05) is 6.07 Å². The molecule has 0 amide bonds. The Hall–Kier alpha value is -1.03. The van der Waals surface area contributed by atoms with Crippen LogP contribution in [-0.2, 0) is 6.54 Å². The van der Waals surface area contributed by atoms with Crippen LogP contribution in [-0.4, -0.2) is 17.5 Å². The van der Waals surface area contributed by atoms with Crippen molar-refractivity contribution in [2.24, 2.45) is 5.92 Å². The predicted molar refractivity (Wildman–Crippen MR) is 67.6 cm³/mol. The molecule has 1 aromatic rings. The molecule has 100 valence electrons. The van der Waals surface area contributed by atoms with Gasteiger partial charge in [-0.25, -0.2) is 8.78 Å². The summed E-state index contributed by atoms with van der Waals surface area (Å²) in [5.41, 5.74) is 2.14. The molecule has 0 bridgehead atoms. The molecule has 0 radical (unpaired) electrons. The van der Waals surface area contributed by atoms with Gasteiger partial charge in [-0.05, 0) is 43.9 Å². The third kappa shape index (κ3) is 3.73. The molecule has 1 saturated carbocycles. The van der Waals surface area contributed by atoms with E-state index in [2.05, 4.69) is 10.3 Å². The van der Waals surface area contributed by atoms with Crippen molar-refractivity contribution in [1.82, 2.24) is 10.3 Å². The van der Waals surface area contributed by atoms with Crippen molar-refractivity contribution < 1.29 is 8.78 Å². The van der Waals surface area contributed by atoms with Crippen molar-refractivity contribution in [1.29, 1.82) is 0 Å². The lowest BCUT2D eigenvalue weighted by molar-refractivity contribution is -0.0520. The fourth-order valence-electron chi connectivity index (χ4n) is 2.55. The molecule has 1 aliphatic carbocycles. The highest BCUT2D eigenvalue weighted by Gasteiger charge is 2.35. The van der Waals surface area contributed by atoms with Crippen LogP contribution >= 0.6 is 0 Å². The zero-order valence-electron chi connectivity index (χ0n) is 10.8. The van der Waals surface area contributed by atoms with Gasteiger partial charge in [0.15, 0.2) is 0 Å². The average Bonchev–Trinajstić information content (AvgIpc) is 2.30. The summed E-state index contributed by atoms with van der Waals surface area (Å²) in [4.78, 5) is 4.28. The van der Waals surface area contributed by atoms with Gasteiger partial charge in [0.1, 0.15) is 0 Å². The molecule has 0 aromatic carbocycles. The molecule has 1 aromatic heterocycles. The van der Waals surface area contributed by atoms with E-state index in [0.29, 0.717) is 19.5 Å². The summed E-state index contributed by atoms with van der Waals surface area (Å²) in [6, 6.07) is 3.92. The van der Waals surface area contributed by atoms with Crippen molar-refractivity contribution in [3.05, 3.63) is 29.6 Å². The van der Waals surface area contributed by atoms with E-state index < -0.39 is 5.92 Å². The number of rotatable bonds is 4. The van der Waals surface area contributed by atoms with E-state index in [0.717, 1.165) is 17.7 Å². The first-order valence-electron chi connectivity index (χ1n) is 6.56. The van der Waals surface area contributed by atoms with E-state index in [1.165, 1.54) is 0 Å². The molecular weight excluding hydrogens is 234 g/mol. The molecule has 1 unspecified atom stereocenters. The zero-order valence-corrected chi connectivity index (χ0v) is 10.8. The number of aromatic nitrogens is 1. The fraction of sp³-hybridized carbons (Fsp3) is 0.643. The maximum atomic E-state index is 13.2. The summed E-state index contributed by atoms with van der Waals surface area (Å²) < 4.78 is 26.5. The maximum Gasteiger partial charge on any atom is 0.248 e. The average molecular weight is 254 g/mol. The highest BCUT2D eigenvalue weighted by molar-refractivity contribution is 5.17. The number of hydrogen-bond donors (Lipinski definition) is 1. The molecule has 0 aliphatic heterocycles. The summed E-state index contributed by atoms with van der Waals surface area (Å²) in [7, 11) is 0. The normalized spacial score (nSPS) is 22.9. The van der Waals surface area contributed by atoms with Crippen molar-refractivity contribution in [3.8, 4) is 0 Å². The number of pyridine rings is 1. The van der Waals surface area contributed by atoms with Gasteiger partial charge in [0.05, 0.1) is 5.69 Å². The third-order valence-electron chi connectivity index (χ3n) is 3.59. The number of alkyl halides is 2. The van der Waals surface area contributed by atoms with Crippen molar-refractivity contribution in [2.45, 2.75) is 45.1 Å². The highest BCUT2D eigenvalue weighted by Crippen LogP contribution is 2.36. The molecule has 0 saturated heterocycles. The number of aryl methyl sites for hydroxylation is 1. The second kappa shape index (κ2) is 5.74. The molecule has 2 rings (SSSR count). The van der Waals surface area contributed by atoms with E-state index in [1.807, 2.05) is 19.1 Å². The molecular formula is C14H20F2N2. The monoisotopic (exact) mass is 254 g/mol. The molecule has 1 heterocycles. The van der Waals surface area contributed by atoms with Crippen LogP contribution in [0.5, 0.6) is 0 Å². The van der Waals surface area contributed by atoms with Gasteiger partial charge in [-0.2, -0.15) is 0 Å². The lowest BCUT2D eigenvalue weighted by Crippen LogP contribution is -2.32. The van der Waals surface area contributed by atoms with Gasteiger partial charge >= 0.3 is 0 Å². The van der Waals surface area contributed by atoms with Crippen LogP contribution in [0, 0.1) is 12.8 Å². The lowest BCUT2D eigenvalue weighted by Gasteiger charge is -2.29. The Bertz CT molecular complexity index is 393. The van der Waals surface area contributed by atoms with E-state index in [1.54, 1.807) is 6.20 Å². The Morgan fingerprint density at radius 3 is 3.06 bits per heavy atom. The number of nitrogens with one attached hydrogen (secondary N) is 1. The molecule has 0 spiro atoms. The van der Waals surface area contributed by atoms with Crippen LogP contribution in [0.2, 0.25) is 0 Å². The quantitative estimate of drug-likeness (QED) is 0.891. The summed E-state index contributed by atoms with van der Waals surface area (Å²) in [5.74, 6) is -2.36. The van der Waals surface area contributed by atoms with Gasteiger partial charge in [-0.3, -0.25) is 4.98 Å². The lowest BCUT2D eigenvalue weighted by atomic mass is 9.86. The van der Waals surface area contributed by atoms with Crippen molar-refractivity contribution in [3.63, 3.8) is 0 Å². The maximum absolute atomic E-state index is 13.2. The van der Waals surface area contributed by atoms with Gasteiger partial charge in [0.2, 0.25) is 5.92 Å². The van der Waals surface area contributed by atoms with Crippen LogP contribution < -0.4 is 5.32 Å². The van der Waals surface area contributed by atoms with E-state index in [4.69, 9.17) is 0 Å². The van der Waals surface area contributed by atoms with Gasteiger partial charge in [-0.15, -0.1) is 0 Å². The number of nitrogens with zero attached hydrogens (tertiary/aromatic N) is 1. The Labute approximate surface area is 107 Å². The summed E-state index contributed by atoms with van der Waals surface area (Å²) in [5, 5.41) is 3.25. The molecule has 2 nitrogen and oxygen atoms in total. The Morgan fingerprint density at radius 2 is 2.33 bits per heavy atom. The Balaban J connectivity index is 1.77. The van der Waals surface area contributed by atoms with Crippen LogP contribution in [0.4, 0.5) is 8.78 Å². The topological polar surface area (TPSA) is 24.9 Å². The molecule has 18 heavy (non-hydrogen) atoms. The van der Waals surface area contributed by atoms with Crippen LogP contribution in [0.25, 0.3) is 0 Å². The largest absolute Gasteiger partial charge is 0.311 e.